The molecule has 212 valence electrons. The molecule has 0 saturated carbocycles. The summed E-state index contributed by atoms with van der Waals surface area (Å²) in [5.41, 5.74) is 1.18. The van der Waals surface area contributed by atoms with Crippen LogP contribution in [0.15, 0.2) is 78.9 Å². The van der Waals surface area contributed by atoms with Crippen LogP contribution in [0.4, 0.5) is 21.9 Å². The van der Waals surface area contributed by atoms with Crippen LogP contribution in [0.3, 0.4) is 0 Å². The summed E-state index contributed by atoms with van der Waals surface area (Å²) in [5.74, 6) is 0.635. The number of hydrogen-bond donors (Lipinski definition) is 3. The number of benzene rings is 3. The number of thiocarbonyl (C=S) groups is 1. The third-order valence-electron chi connectivity index (χ3n) is 5.50. The van der Waals surface area contributed by atoms with Gasteiger partial charge in [0.05, 0.1) is 11.5 Å². The lowest BCUT2D eigenvalue weighted by Gasteiger charge is -2.29. The summed E-state index contributed by atoms with van der Waals surface area (Å²) in [7, 11) is 0. The van der Waals surface area contributed by atoms with Gasteiger partial charge in [0.15, 0.2) is 5.11 Å². The van der Waals surface area contributed by atoms with Gasteiger partial charge < -0.3 is 30.1 Å². The quantitative estimate of drug-likeness (QED) is 0.154. The molecule has 0 aliphatic carbocycles. The lowest BCUT2D eigenvalue weighted by atomic mass is 10.1. The zero-order chi connectivity index (χ0) is 29.1. The fraction of sp³-hybridized carbons (Fsp3) is 0.310. The Morgan fingerprint density at radius 2 is 1.68 bits per heavy atom. The number of hydrogen-bond acceptors (Lipinski definition) is 7. The van der Waals surface area contributed by atoms with Crippen molar-refractivity contribution in [2.24, 2.45) is 0 Å². The molecule has 1 atom stereocenters. The normalized spacial score (nSPS) is 11.7. The number of para-hydroxylation sites is 3. The molecule has 11 heteroatoms. The smallest absolute Gasteiger partial charge is 0.410 e. The Balaban J connectivity index is 1.57. The van der Waals surface area contributed by atoms with Crippen LogP contribution < -0.4 is 15.4 Å². The third-order valence-corrected chi connectivity index (χ3v) is 5.70. The van der Waals surface area contributed by atoms with Crippen LogP contribution in [-0.2, 0) is 11.2 Å². The number of carbonyl (C=O) groups is 1. The van der Waals surface area contributed by atoms with Crippen molar-refractivity contribution in [1.82, 2.24) is 4.90 Å². The van der Waals surface area contributed by atoms with E-state index in [9.17, 15) is 20.0 Å². The summed E-state index contributed by atoms with van der Waals surface area (Å²) in [6.45, 7) is 5.77. The van der Waals surface area contributed by atoms with Gasteiger partial charge >= 0.3 is 6.09 Å². The van der Waals surface area contributed by atoms with Gasteiger partial charge in [0.25, 0.3) is 5.69 Å². The topological polar surface area (TPSA) is 126 Å². The molecule has 0 unspecified atom stereocenters. The summed E-state index contributed by atoms with van der Waals surface area (Å²) in [4.78, 5) is 25.1. The number of rotatable bonds is 11. The average molecular weight is 567 g/mol. The van der Waals surface area contributed by atoms with E-state index in [0.717, 1.165) is 5.56 Å². The van der Waals surface area contributed by atoms with Crippen LogP contribution in [0.25, 0.3) is 0 Å². The van der Waals surface area contributed by atoms with E-state index in [1.54, 1.807) is 51.1 Å². The minimum Gasteiger partial charge on any atom is -0.491 e. The van der Waals surface area contributed by atoms with Crippen LogP contribution in [0.1, 0.15) is 26.3 Å². The van der Waals surface area contributed by atoms with Crippen molar-refractivity contribution in [3.63, 3.8) is 0 Å². The highest BCUT2D eigenvalue weighted by Crippen LogP contribution is 2.23. The molecule has 0 aliphatic rings. The van der Waals surface area contributed by atoms with E-state index in [-0.39, 0.29) is 24.0 Å². The molecular weight excluding hydrogens is 532 g/mol. The van der Waals surface area contributed by atoms with E-state index in [0.29, 0.717) is 30.1 Å². The monoisotopic (exact) mass is 566 g/mol. The fourth-order valence-corrected chi connectivity index (χ4v) is 3.87. The second-order valence-electron chi connectivity index (χ2n) is 10.0. The van der Waals surface area contributed by atoms with Crippen molar-refractivity contribution in [2.45, 2.75) is 38.9 Å². The number of carbonyl (C=O) groups excluding carboxylic acids is 1. The molecule has 0 fully saturated rings. The molecule has 3 aromatic rings. The van der Waals surface area contributed by atoms with Gasteiger partial charge in [-0.2, -0.15) is 0 Å². The van der Waals surface area contributed by atoms with Crippen LogP contribution in [-0.4, -0.2) is 57.5 Å². The van der Waals surface area contributed by atoms with E-state index >= 15 is 0 Å². The Labute approximate surface area is 239 Å². The van der Waals surface area contributed by atoms with E-state index in [4.69, 9.17) is 21.7 Å². The van der Waals surface area contributed by atoms with Crippen LogP contribution >= 0.6 is 12.2 Å². The second kappa shape index (κ2) is 14.2. The highest BCUT2D eigenvalue weighted by atomic mass is 32.1. The fourth-order valence-electron chi connectivity index (χ4n) is 3.64. The number of anilines is 2. The van der Waals surface area contributed by atoms with Crippen molar-refractivity contribution >= 4 is 40.5 Å². The number of nitro benzene ring substituents is 1. The molecule has 0 aromatic heterocycles. The van der Waals surface area contributed by atoms with E-state index in [1.165, 1.54) is 11.0 Å². The maximum Gasteiger partial charge on any atom is 0.410 e. The van der Waals surface area contributed by atoms with Gasteiger partial charge in [0.1, 0.15) is 29.7 Å². The van der Waals surface area contributed by atoms with Crippen molar-refractivity contribution in [1.29, 1.82) is 0 Å². The first-order chi connectivity index (χ1) is 19.0. The molecule has 3 rings (SSSR count). The zero-order valence-electron chi connectivity index (χ0n) is 22.7. The van der Waals surface area contributed by atoms with E-state index in [1.807, 2.05) is 42.5 Å². The van der Waals surface area contributed by atoms with E-state index in [2.05, 4.69) is 10.6 Å². The maximum absolute atomic E-state index is 12.9. The Kier molecular flexibility index (Phi) is 10.8. The van der Waals surface area contributed by atoms with Gasteiger partial charge in [-0.1, -0.05) is 42.5 Å². The number of ether oxygens (including phenoxy) is 2. The first kappa shape index (κ1) is 30.3. The van der Waals surface area contributed by atoms with Gasteiger partial charge in [-0.3, -0.25) is 10.1 Å². The molecule has 0 radical (unpaired) electrons. The van der Waals surface area contributed by atoms with Crippen molar-refractivity contribution in [3.8, 4) is 5.75 Å². The molecule has 3 aromatic carbocycles. The number of nitrogens with one attached hydrogen (secondary N) is 2. The summed E-state index contributed by atoms with van der Waals surface area (Å²) in [6.07, 6.45) is -0.908. The van der Waals surface area contributed by atoms with Gasteiger partial charge in [0.2, 0.25) is 0 Å². The Morgan fingerprint density at radius 1 is 1.02 bits per heavy atom. The minimum absolute atomic E-state index is 0.0315. The number of amides is 1. The Morgan fingerprint density at radius 3 is 2.33 bits per heavy atom. The standard InChI is InChI=1S/C29H34N4O6S/c1-29(2,3)39-28(35)32(19-23(34)20-38-24-9-5-4-6-10-24)18-17-21-13-15-22(16-14-21)30-27(40)31-25-11-7-8-12-26(25)33(36)37/h4-16,23,34H,17-20H2,1-3H3,(H2,30,31,40)/t23-/m0/s1. The number of nitro groups is 1. The second-order valence-corrected chi connectivity index (χ2v) is 10.4. The molecular formula is C29H34N4O6S. The molecule has 1 amide bonds. The molecule has 40 heavy (non-hydrogen) atoms. The highest BCUT2D eigenvalue weighted by molar-refractivity contribution is 7.80. The Bertz CT molecular complexity index is 1280. The molecule has 0 spiro atoms. The molecule has 10 nitrogen and oxygen atoms in total. The SMILES string of the molecule is CC(C)(C)OC(=O)N(CCc1ccc(NC(=S)Nc2ccccc2[N+](=O)[O-])cc1)C[C@H](O)COc1ccccc1. The molecule has 3 N–H and O–H groups in total. The summed E-state index contributed by atoms with van der Waals surface area (Å²) < 4.78 is 11.2. The predicted octanol–water partition coefficient (Wildman–Crippen LogP) is 5.62. The Hall–Kier alpha value is -4.22. The third kappa shape index (κ3) is 10.2. The maximum atomic E-state index is 12.9. The molecule has 0 aliphatic heterocycles. The van der Waals surface area contributed by atoms with Gasteiger partial charge in [-0.25, -0.2) is 4.79 Å². The molecule has 0 heterocycles. The summed E-state index contributed by atoms with van der Waals surface area (Å²) in [5, 5.41) is 27.9. The lowest BCUT2D eigenvalue weighted by molar-refractivity contribution is -0.383. The minimum atomic E-state index is -0.909. The van der Waals surface area contributed by atoms with Gasteiger partial charge in [-0.15, -0.1) is 0 Å². The van der Waals surface area contributed by atoms with Crippen molar-refractivity contribution in [3.05, 3.63) is 94.5 Å². The van der Waals surface area contributed by atoms with Crippen molar-refractivity contribution in [2.75, 3.05) is 30.3 Å². The first-order valence-electron chi connectivity index (χ1n) is 12.7. The van der Waals surface area contributed by atoms with Crippen molar-refractivity contribution < 1.29 is 24.3 Å². The largest absolute Gasteiger partial charge is 0.491 e. The molecule has 0 saturated heterocycles. The zero-order valence-corrected chi connectivity index (χ0v) is 23.5. The molecule has 0 bridgehead atoms. The number of aliphatic hydroxyl groups is 1. The first-order valence-corrected chi connectivity index (χ1v) is 13.2. The van der Waals surface area contributed by atoms with Gasteiger partial charge in [0, 0.05) is 18.3 Å². The predicted molar refractivity (Wildman–Crippen MR) is 159 cm³/mol. The van der Waals surface area contributed by atoms with Crippen LogP contribution in [0.5, 0.6) is 5.75 Å². The average Bonchev–Trinajstić information content (AvgIpc) is 2.90. The highest BCUT2D eigenvalue weighted by Gasteiger charge is 2.24. The number of aliphatic hydroxyl groups excluding tert-OH is 1. The van der Waals surface area contributed by atoms with Crippen LogP contribution in [0, 0.1) is 10.1 Å². The lowest BCUT2D eigenvalue weighted by Crippen LogP contribution is -2.43. The summed E-state index contributed by atoms with van der Waals surface area (Å²) >= 11 is 5.31. The van der Waals surface area contributed by atoms with E-state index < -0.39 is 22.7 Å². The number of nitrogens with zero attached hydrogens (tertiary/aromatic N) is 2. The van der Waals surface area contributed by atoms with Crippen LogP contribution in [0.2, 0.25) is 0 Å². The van der Waals surface area contributed by atoms with Gasteiger partial charge in [-0.05, 0) is 75.3 Å². The summed E-state index contributed by atoms with van der Waals surface area (Å²) in [6, 6.07) is 22.8.